The van der Waals surface area contributed by atoms with Crippen LogP contribution in [0, 0.1) is 10.1 Å². The number of likely N-dealkylation sites (tertiary alicyclic amines) is 2. The van der Waals surface area contributed by atoms with Crippen LogP contribution in [0.3, 0.4) is 0 Å². The molecule has 2 aliphatic rings. The molecule has 0 N–H and O–H groups in total. The number of hydrogen-bond acceptors (Lipinski definition) is 5. The van der Waals surface area contributed by atoms with E-state index >= 15 is 0 Å². The molecule has 1 unspecified atom stereocenters. The molecule has 1 amide bonds. The minimum Gasteiger partial charge on any atom is -0.490 e. The molecular weight excluding hydrogens is 322 g/mol. The van der Waals surface area contributed by atoms with Crippen LogP contribution in [0.5, 0.6) is 5.75 Å². The molecule has 0 aromatic heterocycles. The van der Waals surface area contributed by atoms with Gasteiger partial charge in [-0.05, 0) is 50.9 Å². The SMILES string of the molecule is COc1ccc(C(=O)N2CCCCC(N3CCCC3)C2)cc1[N+](=O)[O-]. The van der Waals surface area contributed by atoms with Gasteiger partial charge >= 0.3 is 5.69 Å². The predicted molar refractivity (Wildman–Crippen MR) is 94.0 cm³/mol. The summed E-state index contributed by atoms with van der Waals surface area (Å²) in [5.41, 5.74) is 0.189. The Bertz CT molecular complexity index is 643. The Kier molecular flexibility index (Phi) is 5.53. The fourth-order valence-electron chi connectivity index (χ4n) is 3.86. The summed E-state index contributed by atoms with van der Waals surface area (Å²) >= 11 is 0. The van der Waals surface area contributed by atoms with Crippen molar-refractivity contribution < 1.29 is 14.5 Å². The van der Waals surface area contributed by atoms with Gasteiger partial charge in [0.05, 0.1) is 12.0 Å². The molecule has 0 bridgehead atoms. The number of nitrogens with zero attached hydrogens (tertiary/aromatic N) is 3. The number of rotatable bonds is 4. The highest BCUT2D eigenvalue weighted by Crippen LogP contribution is 2.29. The van der Waals surface area contributed by atoms with Crippen LogP contribution in [0.1, 0.15) is 42.5 Å². The van der Waals surface area contributed by atoms with Crippen molar-refractivity contribution in [3.8, 4) is 5.75 Å². The average Bonchev–Trinajstić information content (AvgIpc) is 3.05. The Hall–Kier alpha value is -2.15. The molecule has 7 nitrogen and oxygen atoms in total. The quantitative estimate of drug-likeness (QED) is 0.618. The first kappa shape index (κ1) is 17.7. The lowest BCUT2D eigenvalue weighted by Crippen LogP contribution is -2.43. The van der Waals surface area contributed by atoms with E-state index in [0.717, 1.165) is 32.4 Å². The predicted octanol–water partition coefficient (Wildman–Crippen LogP) is 2.69. The number of carbonyl (C=O) groups is 1. The number of nitro groups is 1. The highest BCUT2D eigenvalue weighted by molar-refractivity contribution is 5.95. The van der Waals surface area contributed by atoms with E-state index in [4.69, 9.17) is 4.74 Å². The number of ether oxygens (including phenoxy) is 1. The van der Waals surface area contributed by atoms with E-state index in [0.29, 0.717) is 24.7 Å². The summed E-state index contributed by atoms with van der Waals surface area (Å²) < 4.78 is 5.02. The van der Waals surface area contributed by atoms with Crippen molar-refractivity contribution in [3.63, 3.8) is 0 Å². The van der Waals surface area contributed by atoms with Crippen LogP contribution >= 0.6 is 0 Å². The van der Waals surface area contributed by atoms with Gasteiger partial charge in [0.25, 0.3) is 5.91 Å². The zero-order chi connectivity index (χ0) is 17.8. The lowest BCUT2D eigenvalue weighted by atomic mass is 10.1. The summed E-state index contributed by atoms with van der Waals surface area (Å²) in [6, 6.07) is 4.85. The van der Waals surface area contributed by atoms with E-state index in [1.807, 2.05) is 4.90 Å². The topological polar surface area (TPSA) is 75.9 Å². The van der Waals surface area contributed by atoms with Crippen LogP contribution in [-0.4, -0.2) is 60.0 Å². The third-order valence-corrected chi connectivity index (χ3v) is 5.21. The Labute approximate surface area is 147 Å². The zero-order valence-electron chi connectivity index (χ0n) is 14.6. The van der Waals surface area contributed by atoms with Crippen LogP contribution < -0.4 is 4.74 Å². The minimum absolute atomic E-state index is 0.128. The van der Waals surface area contributed by atoms with Crippen molar-refractivity contribution in [1.82, 2.24) is 9.80 Å². The second-order valence-corrected chi connectivity index (χ2v) is 6.79. The van der Waals surface area contributed by atoms with Gasteiger partial charge in [0.1, 0.15) is 0 Å². The standard InChI is InChI=1S/C18H25N3O4/c1-25-17-8-7-14(12-16(17)21(23)24)18(22)20-11-3-2-6-15(13-20)19-9-4-5-10-19/h7-8,12,15H,2-6,9-11,13H2,1H3. The molecular formula is C18H25N3O4. The number of carbonyl (C=O) groups excluding carboxylic acids is 1. The van der Waals surface area contributed by atoms with Crippen molar-refractivity contribution in [3.05, 3.63) is 33.9 Å². The molecule has 1 atom stereocenters. The Morgan fingerprint density at radius 2 is 1.92 bits per heavy atom. The molecule has 2 aliphatic heterocycles. The van der Waals surface area contributed by atoms with E-state index in [1.165, 1.54) is 32.1 Å². The molecule has 2 saturated heterocycles. The first-order valence-electron chi connectivity index (χ1n) is 8.96. The zero-order valence-corrected chi connectivity index (χ0v) is 14.6. The van der Waals surface area contributed by atoms with Gasteiger partial charge in [0.15, 0.2) is 5.75 Å². The van der Waals surface area contributed by atoms with Crippen LogP contribution in [0.15, 0.2) is 18.2 Å². The maximum absolute atomic E-state index is 12.9. The van der Waals surface area contributed by atoms with Gasteiger partial charge in [-0.1, -0.05) is 6.42 Å². The second kappa shape index (κ2) is 7.82. The van der Waals surface area contributed by atoms with E-state index in [9.17, 15) is 14.9 Å². The van der Waals surface area contributed by atoms with Gasteiger partial charge in [-0.15, -0.1) is 0 Å². The van der Waals surface area contributed by atoms with E-state index < -0.39 is 4.92 Å². The third-order valence-electron chi connectivity index (χ3n) is 5.21. The number of amides is 1. The van der Waals surface area contributed by atoms with Crippen LogP contribution in [-0.2, 0) is 0 Å². The smallest absolute Gasteiger partial charge is 0.311 e. The molecule has 1 aromatic rings. The van der Waals surface area contributed by atoms with E-state index in [-0.39, 0.29) is 17.3 Å². The van der Waals surface area contributed by atoms with Gasteiger partial charge < -0.3 is 9.64 Å². The van der Waals surface area contributed by atoms with Gasteiger partial charge in [-0.3, -0.25) is 19.8 Å². The molecule has 3 rings (SSSR count). The van der Waals surface area contributed by atoms with Crippen LogP contribution in [0.4, 0.5) is 5.69 Å². The number of nitro benzene ring substituents is 1. The Morgan fingerprint density at radius 3 is 2.60 bits per heavy atom. The summed E-state index contributed by atoms with van der Waals surface area (Å²) in [5, 5.41) is 11.2. The average molecular weight is 347 g/mol. The Balaban J connectivity index is 1.78. The van der Waals surface area contributed by atoms with Crippen molar-refractivity contribution in [2.75, 3.05) is 33.3 Å². The number of methoxy groups -OCH3 is 1. The van der Waals surface area contributed by atoms with Crippen molar-refractivity contribution >= 4 is 11.6 Å². The normalized spacial score (nSPS) is 21.8. The highest BCUT2D eigenvalue weighted by atomic mass is 16.6. The summed E-state index contributed by atoms with van der Waals surface area (Å²) in [7, 11) is 1.39. The minimum atomic E-state index is -0.509. The summed E-state index contributed by atoms with van der Waals surface area (Å²) in [5.74, 6) is 0.0456. The van der Waals surface area contributed by atoms with Gasteiger partial charge in [-0.25, -0.2) is 0 Å². The lowest BCUT2D eigenvalue weighted by molar-refractivity contribution is -0.385. The largest absolute Gasteiger partial charge is 0.490 e. The first-order valence-corrected chi connectivity index (χ1v) is 8.96. The molecule has 1 aromatic carbocycles. The second-order valence-electron chi connectivity index (χ2n) is 6.79. The maximum Gasteiger partial charge on any atom is 0.311 e. The maximum atomic E-state index is 12.9. The molecule has 2 heterocycles. The van der Waals surface area contributed by atoms with Gasteiger partial charge in [0, 0.05) is 30.8 Å². The molecule has 7 heteroatoms. The molecule has 0 spiro atoms. The first-order chi connectivity index (χ1) is 12.1. The van der Waals surface area contributed by atoms with Gasteiger partial charge in [0.2, 0.25) is 0 Å². The van der Waals surface area contributed by atoms with Crippen molar-refractivity contribution in [2.24, 2.45) is 0 Å². The number of benzene rings is 1. The fourth-order valence-corrected chi connectivity index (χ4v) is 3.86. The van der Waals surface area contributed by atoms with Crippen LogP contribution in [0.25, 0.3) is 0 Å². The van der Waals surface area contributed by atoms with E-state index in [1.54, 1.807) is 6.07 Å². The van der Waals surface area contributed by atoms with E-state index in [2.05, 4.69) is 4.90 Å². The highest BCUT2D eigenvalue weighted by Gasteiger charge is 2.29. The fraction of sp³-hybridized carbons (Fsp3) is 0.611. The van der Waals surface area contributed by atoms with Crippen molar-refractivity contribution in [1.29, 1.82) is 0 Å². The molecule has 25 heavy (non-hydrogen) atoms. The monoisotopic (exact) mass is 347 g/mol. The molecule has 0 radical (unpaired) electrons. The summed E-state index contributed by atoms with van der Waals surface area (Å²) in [4.78, 5) is 28.0. The van der Waals surface area contributed by atoms with Gasteiger partial charge in [-0.2, -0.15) is 0 Å². The molecule has 136 valence electrons. The number of hydrogen-bond donors (Lipinski definition) is 0. The lowest BCUT2D eigenvalue weighted by Gasteiger charge is -2.30. The van der Waals surface area contributed by atoms with Crippen molar-refractivity contribution in [2.45, 2.75) is 38.1 Å². The third kappa shape index (κ3) is 3.92. The Morgan fingerprint density at radius 1 is 1.20 bits per heavy atom. The molecule has 0 saturated carbocycles. The molecule has 0 aliphatic carbocycles. The van der Waals surface area contributed by atoms with Crippen LogP contribution in [0.2, 0.25) is 0 Å². The summed E-state index contributed by atoms with van der Waals surface area (Å²) in [6.45, 7) is 3.64. The molecule has 2 fully saturated rings. The summed E-state index contributed by atoms with van der Waals surface area (Å²) in [6.07, 6.45) is 5.68.